The lowest BCUT2D eigenvalue weighted by molar-refractivity contribution is 0.190. The normalized spacial score (nSPS) is 25.0. The maximum atomic E-state index is 5.77. The monoisotopic (exact) mass is 252 g/mol. The first-order valence-electron chi connectivity index (χ1n) is 6.62. The van der Waals surface area contributed by atoms with E-state index in [0.717, 1.165) is 18.8 Å². The summed E-state index contributed by atoms with van der Waals surface area (Å²) < 4.78 is 0. The van der Waals surface area contributed by atoms with Gasteiger partial charge in [0, 0.05) is 10.9 Å². The van der Waals surface area contributed by atoms with Gasteiger partial charge in [0.15, 0.2) is 0 Å². The third-order valence-corrected chi connectivity index (χ3v) is 5.26. The van der Waals surface area contributed by atoms with Gasteiger partial charge in [-0.05, 0) is 48.5 Å². The van der Waals surface area contributed by atoms with Crippen LogP contribution in [0, 0.1) is 11.3 Å². The van der Waals surface area contributed by atoms with Gasteiger partial charge in [-0.15, -0.1) is 11.3 Å². The second kappa shape index (κ2) is 5.51. The van der Waals surface area contributed by atoms with Crippen molar-refractivity contribution in [2.45, 2.75) is 52.0 Å². The van der Waals surface area contributed by atoms with Gasteiger partial charge in [-0.1, -0.05) is 26.3 Å². The average Bonchev–Trinajstić information content (AvgIpc) is 2.90. The number of hydrazine groups is 1. The molecular weight excluding hydrogens is 228 g/mol. The molecule has 0 spiro atoms. The molecule has 3 N–H and O–H groups in total. The summed E-state index contributed by atoms with van der Waals surface area (Å²) in [5.41, 5.74) is 3.52. The van der Waals surface area contributed by atoms with E-state index in [1.54, 1.807) is 0 Å². The van der Waals surface area contributed by atoms with Gasteiger partial charge in [0.1, 0.15) is 0 Å². The molecule has 17 heavy (non-hydrogen) atoms. The number of hydrogen-bond acceptors (Lipinski definition) is 3. The molecule has 1 aromatic rings. The molecule has 1 heterocycles. The van der Waals surface area contributed by atoms with Crippen LogP contribution in [0.1, 0.15) is 44.4 Å². The van der Waals surface area contributed by atoms with E-state index >= 15 is 0 Å². The van der Waals surface area contributed by atoms with Gasteiger partial charge >= 0.3 is 0 Å². The highest BCUT2D eigenvalue weighted by atomic mass is 32.1. The third kappa shape index (κ3) is 3.09. The fourth-order valence-corrected chi connectivity index (χ4v) is 3.98. The Morgan fingerprint density at radius 2 is 2.41 bits per heavy atom. The van der Waals surface area contributed by atoms with E-state index in [1.807, 2.05) is 11.3 Å². The van der Waals surface area contributed by atoms with Crippen LogP contribution >= 0.6 is 11.3 Å². The second-order valence-corrected chi connectivity index (χ2v) is 6.91. The molecule has 2 nitrogen and oxygen atoms in total. The van der Waals surface area contributed by atoms with Gasteiger partial charge in [0.2, 0.25) is 0 Å². The predicted octanol–water partition coefficient (Wildman–Crippen LogP) is 3.34. The first-order valence-corrected chi connectivity index (χ1v) is 7.50. The Morgan fingerprint density at radius 1 is 1.59 bits per heavy atom. The molecule has 0 aromatic carbocycles. The number of rotatable bonds is 5. The quantitative estimate of drug-likeness (QED) is 0.623. The summed E-state index contributed by atoms with van der Waals surface area (Å²) in [6.45, 7) is 4.78. The Bertz CT molecular complexity index is 332. The predicted molar refractivity (Wildman–Crippen MR) is 74.9 cm³/mol. The molecule has 1 fully saturated rings. The number of thiophene rings is 1. The molecule has 1 aromatic heterocycles. The Hall–Kier alpha value is -0.380. The Morgan fingerprint density at radius 3 is 2.94 bits per heavy atom. The van der Waals surface area contributed by atoms with Crippen molar-refractivity contribution >= 4 is 11.3 Å². The Labute approximate surface area is 109 Å². The first kappa shape index (κ1) is 13.1. The fraction of sp³-hybridized carbons (Fsp3) is 0.714. The molecule has 2 unspecified atom stereocenters. The minimum atomic E-state index is 0.451. The van der Waals surface area contributed by atoms with Crippen LogP contribution in [0.4, 0.5) is 0 Å². The molecule has 0 radical (unpaired) electrons. The van der Waals surface area contributed by atoms with Crippen LogP contribution < -0.4 is 11.3 Å². The third-order valence-electron chi connectivity index (χ3n) is 4.32. The standard InChI is InChI=1S/C14H24N2S/c1-14(2)9-3-6-12(14)13(16-15)8-7-11-5-4-10-17-11/h4-5,10,12-13,16H,3,6-9,15H2,1-2H3. The minimum absolute atomic E-state index is 0.451. The highest BCUT2D eigenvalue weighted by Gasteiger charge is 2.38. The van der Waals surface area contributed by atoms with Gasteiger partial charge < -0.3 is 0 Å². The average molecular weight is 252 g/mol. The number of hydrogen-bond donors (Lipinski definition) is 2. The smallest absolute Gasteiger partial charge is 0.0247 e. The van der Waals surface area contributed by atoms with Crippen molar-refractivity contribution in [2.24, 2.45) is 17.2 Å². The van der Waals surface area contributed by atoms with Gasteiger partial charge in [-0.3, -0.25) is 11.3 Å². The van der Waals surface area contributed by atoms with Crippen molar-refractivity contribution in [1.29, 1.82) is 0 Å². The largest absolute Gasteiger partial charge is 0.271 e. The van der Waals surface area contributed by atoms with Crippen molar-refractivity contribution in [2.75, 3.05) is 0 Å². The van der Waals surface area contributed by atoms with Crippen LogP contribution in [0.5, 0.6) is 0 Å². The van der Waals surface area contributed by atoms with E-state index in [9.17, 15) is 0 Å². The van der Waals surface area contributed by atoms with Gasteiger partial charge in [-0.2, -0.15) is 0 Å². The molecule has 0 aliphatic heterocycles. The van der Waals surface area contributed by atoms with E-state index in [-0.39, 0.29) is 0 Å². The minimum Gasteiger partial charge on any atom is -0.271 e. The summed E-state index contributed by atoms with van der Waals surface area (Å²) >= 11 is 1.85. The van der Waals surface area contributed by atoms with E-state index in [2.05, 4.69) is 36.8 Å². The molecule has 1 saturated carbocycles. The number of aryl methyl sites for hydroxylation is 1. The van der Waals surface area contributed by atoms with E-state index in [4.69, 9.17) is 5.84 Å². The number of nitrogens with two attached hydrogens (primary N) is 1. The van der Waals surface area contributed by atoms with Gasteiger partial charge in [-0.25, -0.2) is 0 Å². The van der Waals surface area contributed by atoms with Gasteiger partial charge in [0.25, 0.3) is 0 Å². The maximum absolute atomic E-state index is 5.77. The molecule has 0 amide bonds. The topological polar surface area (TPSA) is 38.0 Å². The van der Waals surface area contributed by atoms with Crippen LogP contribution in [0.2, 0.25) is 0 Å². The van der Waals surface area contributed by atoms with E-state index in [0.29, 0.717) is 11.5 Å². The molecule has 0 saturated heterocycles. The Kier molecular flexibility index (Phi) is 4.23. The zero-order chi connectivity index (χ0) is 12.3. The molecule has 0 bridgehead atoms. The van der Waals surface area contributed by atoms with Crippen LogP contribution in [0.3, 0.4) is 0 Å². The van der Waals surface area contributed by atoms with E-state index in [1.165, 1.54) is 24.1 Å². The summed E-state index contributed by atoms with van der Waals surface area (Å²) in [4.78, 5) is 1.47. The lowest BCUT2D eigenvalue weighted by Crippen LogP contribution is -2.44. The van der Waals surface area contributed by atoms with Crippen molar-refractivity contribution in [3.8, 4) is 0 Å². The SMILES string of the molecule is CC1(C)CCCC1C(CCc1cccs1)NN. The van der Waals surface area contributed by atoms with Crippen molar-refractivity contribution < 1.29 is 0 Å². The molecular formula is C14H24N2S. The maximum Gasteiger partial charge on any atom is 0.0247 e. The molecule has 1 aliphatic carbocycles. The Balaban J connectivity index is 1.92. The number of nitrogens with one attached hydrogen (secondary N) is 1. The summed E-state index contributed by atoms with van der Waals surface area (Å²) in [6.07, 6.45) is 6.33. The van der Waals surface area contributed by atoms with Crippen LogP contribution in [0.15, 0.2) is 17.5 Å². The second-order valence-electron chi connectivity index (χ2n) is 5.88. The zero-order valence-corrected chi connectivity index (χ0v) is 11.7. The molecule has 3 heteroatoms. The van der Waals surface area contributed by atoms with Crippen molar-refractivity contribution in [1.82, 2.24) is 5.43 Å². The summed E-state index contributed by atoms with van der Waals surface area (Å²) in [5, 5.41) is 2.15. The highest BCUT2D eigenvalue weighted by molar-refractivity contribution is 7.09. The molecule has 2 atom stereocenters. The first-order chi connectivity index (χ1) is 8.13. The van der Waals surface area contributed by atoms with Crippen molar-refractivity contribution in [3.05, 3.63) is 22.4 Å². The van der Waals surface area contributed by atoms with Crippen LogP contribution in [0.25, 0.3) is 0 Å². The molecule has 96 valence electrons. The zero-order valence-electron chi connectivity index (χ0n) is 10.9. The van der Waals surface area contributed by atoms with Gasteiger partial charge in [0.05, 0.1) is 0 Å². The lowest BCUT2D eigenvalue weighted by atomic mass is 9.76. The lowest BCUT2D eigenvalue weighted by Gasteiger charge is -2.33. The molecule has 2 rings (SSSR count). The van der Waals surface area contributed by atoms with E-state index < -0.39 is 0 Å². The summed E-state index contributed by atoms with van der Waals surface area (Å²) in [5.74, 6) is 6.50. The summed E-state index contributed by atoms with van der Waals surface area (Å²) in [7, 11) is 0. The van der Waals surface area contributed by atoms with Crippen LogP contribution in [-0.4, -0.2) is 6.04 Å². The highest BCUT2D eigenvalue weighted by Crippen LogP contribution is 2.45. The fourth-order valence-electron chi connectivity index (χ4n) is 3.25. The van der Waals surface area contributed by atoms with Crippen molar-refractivity contribution in [3.63, 3.8) is 0 Å². The summed E-state index contributed by atoms with van der Waals surface area (Å²) in [6, 6.07) is 4.82. The van der Waals surface area contributed by atoms with Crippen LogP contribution in [-0.2, 0) is 6.42 Å². The molecule has 1 aliphatic rings.